The van der Waals surface area contributed by atoms with Crippen molar-refractivity contribution in [2.24, 2.45) is 0 Å². The second-order valence-corrected chi connectivity index (χ2v) is 4.74. The molecule has 0 amide bonds. The summed E-state index contributed by atoms with van der Waals surface area (Å²) >= 11 is 0. The summed E-state index contributed by atoms with van der Waals surface area (Å²) in [6.07, 6.45) is 2.22. The van der Waals surface area contributed by atoms with Crippen LogP contribution in [0.1, 0.15) is 30.3 Å². The van der Waals surface area contributed by atoms with Gasteiger partial charge in [0.2, 0.25) is 0 Å². The highest BCUT2D eigenvalue weighted by molar-refractivity contribution is 5.62. The first-order valence-corrected chi connectivity index (χ1v) is 6.50. The van der Waals surface area contributed by atoms with Crippen LogP contribution in [0.4, 0.5) is 0 Å². The number of ether oxygens (including phenoxy) is 1. The number of hydrogen-bond acceptors (Lipinski definition) is 5. The number of hydrogen-bond donors (Lipinski definition) is 1. The van der Waals surface area contributed by atoms with Gasteiger partial charge in [0.25, 0.3) is 5.89 Å². The maximum Gasteiger partial charge on any atom is 0.258 e. The van der Waals surface area contributed by atoms with Crippen LogP contribution in [0.3, 0.4) is 0 Å². The summed E-state index contributed by atoms with van der Waals surface area (Å²) < 4.78 is 10.7. The molecule has 1 aliphatic rings. The van der Waals surface area contributed by atoms with E-state index in [1.807, 2.05) is 25.1 Å². The monoisotopic (exact) mass is 259 g/mol. The van der Waals surface area contributed by atoms with E-state index in [1.165, 1.54) is 0 Å². The molecule has 1 N–H and O–H groups in total. The molecule has 19 heavy (non-hydrogen) atoms. The first-order valence-electron chi connectivity index (χ1n) is 6.50. The molecule has 0 saturated carbocycles. The topological polar surface area (TPSA) is 60.2 Å². The third kappa shape index (κ3) is 2.21. The van der Waals surface area contributed by atoms with Gasteiger partial charge in [-0.05, 0) is 38.4 Å². The van der Waals surface area contributed by atoms with Crippen molar-refractivity contribution in [1.29, 1.82) is 0 Å². The Balaban J connectivity index is 1.94. The molecule has 1 saturated heterocycles. The van der Waals surface area contributed by atoms with Gasteiger partial charge in [-0.2, -0.15) is 4.98 Å². The third-order valence-corrected chi connectivity index (χ3v) is 3.55. The lowest BCUT2D eigenvalue weighted by Crippen LogP contribution is -2.14. The van der Waals surface area contributed by atoms with Crippen molar-refractivity contribution in [3.8, 4) is 17.2 Å². The van der Waals surface area contributed by atoms with Crippen molar-refractivity contribution in [3.63, 3.8) is 0 Å². The molecule has 0 bridgehead atoms. The number of rotatable bonds is 3. The van der Waals surface area contributed by atoms with Crippen LogP contribution in [0.5, 0.6) is 5.75 Å². The Kier molecular flexibility index (Phi) is 3.21. The van der Waals surface area contributed by atoms with E-state index < -0.39 is 0 Å². The number of aromatic nitrogens is 2. The Bertz CT molecular complexity index is 574. The third-order valence-electron chi connectivity index (χ3n) is 3.55. The highest BCUT2D eigenvalue weighted by Gasteiger charge is 2.22. The van der Waals surface area contributed by atoms with Gasteiger partial charge < -0.3 is 14.6 Å². The fourth-order valence-electron chi connectivity index (χ4n) is 2.46. The van der Waals surface area contributed by atoms with Gasteiger partial charge in [-0.3, -0.25) is 0 Å². The number of methoxy groups -OCH3 is 1. The Hall–Kier alpha value is -1.88. The predicted octanol–water partition coefficient (Wildman–Crippen LogP) is 2.48. The molecule has 1 atom stereocenters. The fourth-order valence-corrected chi connectivity index (χ4v) is 2.46. The van der Waals surface area contributed by atoms with Crippen LogP contribution in [0.15, 0.2) is 22.7 Å². The largest absolute Gasteiger partial charge is 0.496 e. The lowest BCUT2D eigenvalue weighted by Gasteiger charge is -2.06. The summed E-state index contributed by atoms with van der Waals surface area (Å²) in [6.45, 7) is 3.01. The van der Waals surface area contributed by atoms with Gasteiger partial charge in [-0.25, -0.2) is 0 Å². The summed E-state index contributed by atoms with van der Waals surface area (Å²) in [6, 6.07) is 6.05. The molecule has 1 aromatic heterocycles. The predicted molar refractivity (Wildman–Crippen MR) is 71.0 cm³/mol. The molecule has 2 heterocycles. The van der Waals surface area contributed by atoms with Crippen LogP contribution in [0.25, 0.3) is 11.5 Å². The lowest BCUT2D eigenvalue weighted by atomic mass is 10.1. The first-order chi connectivity index (χ1) is 9.29. The van der Waals surface area contributed by atoms with Crippen molar-refractivity contribution >= 4 is 0 Å². The van der Waals surface area contributed by atoms with E-state index >= 15 is 0 Å². The van der Waals surface area contributed by atoms with Gasteiger partial charge in [0.05, 0.1) is 13.2 Å². The second kappa shape index (κ2) is 5.01. The quantitative estimate of drug-likeness (QED) is 0.917. The zero-order valence-corrected chi connectivity index (χ0v) is 11.1. The van der Waals surface area contributed by atoms with E-state index in [9.17, 15) is 0 Å². The van der Waals surface area contributed by atoms with Crippen LogP contribution in [0, 0.1) is 6.92 Å². The van der Waals surface area contributed by atoms with Crippen LogP contribution in [-0.4, -0.2) is 23.8 Å². The van der Waals surface area contributed by atoms with Gasteiger partial charge in [-0.1, -0.05) is 11.2 Å². The smallest absolute Gasteiger partial charge is 0.258 e. The molecular formula is C14H17N3O2. The van der Waals surface area contributed by atoms with E-state index in [2.05, 4.69) is 15.5 Å². The molecule has 2 aromatic rings. The highest BCUT2D eigenvalue weighted by Crippen LogP contribution is 2.30. The average molecular weight is 259 g/mol. The molecule has 100 valence electrons. The average Bonchev–Trinajstić information content (AvgIpc) is 3.09. The normalized spacial score (nSPS) is 18.7. The molecular weight excluding hydrogens is 242 g/mol. The van der Waals surface area contributed by atoms with Crippen LogP contribution >= 0.6 is 0 Å². The van der Waals surface area contributed by atoms with Crippen molar-refractivity contribution in [2.75, 3.05) is 13.7 Å². The first kappa shape index (κ1) is 12.2. The second-order valence-electron chi connectivity index (χ2n) is 4.74. The van der Waals surface area contributed by atoms with Gasteiger partial charge in [0.15, 0.2) is 5.82 Å². The van der Waals surface area contributed by atoms with Crippen LogP contribution < -0.4 is 10.1 Å². The van der Waals surface area contributed by atoms with E-state index in [4.69, 9.17) is 9.26 Å². The molecule has 1 fully saturated rings. The van der Waals surface area contributed by atoms with Crippen molar-refractivity contribution in [3.05, 3.63) is 29.6 Å². The Morgan fingerprint density at radius 3 is 3.05 bits per heavy atom. The van der Waals surface area contributed by atoms with E-state index in [1.54, 1.807) is 7.11 Å². The summed E-state index contributed by atoms with van der Waals surface area (Å²) in [4.78, 5) is 4.50. The van der Waals surface area contributed by atoms with Crippen LogP contribution in [0.2, 0.25) is 0 Å². The maximum absolute atomic E-state index is 5.39. The maximum atomic E-state index is 5.39. The van der Waals surface area contributed by atoms with Crippen molar-refractivity contribution < 1.29 is 9.26 Å². The van der Waals surface area contributed by atoms with Gasteiger partial charge >= 0.3 is 0 Å². The minimum atomic E-state index is 0.225. The van der Waals surface area contributed by atoms with Crippen molar-refractivity contribution in [2.45, 2.75) is 25.8 Å². The minimum absolute atomic E-state index is 0.225. The molecule has 0 aliphatic carbocycles. The molecule has 1 aromatic carbocycles. The zero-order chi connectivity index (χ0) is 13.2. The van der Waals surface area contributed by atoms with E-state index in [-0.39, 0.29) is 6.04 Å². The molecule has 5 nitrogen and oxygen atoms in total. The molecule has 0 spiro atoms. The number of benzene rings is 1. The standard InChI is InChI=1S/C14H17N3O2/c1-9-10(5-3-7-12(9)18-2)14-16-13(17-19-14)11-6-4-8-15-11/h3,5,7,11,15H,4,6,8H2,1-2H3/t11-/m0/s1. The van der Waals surface area contributed by atoms with Gasteiger partial charge in [0, 0.05) is 11.1 Å². The van der Waals surface area contributed by atoms with Gasteiger partial charge in [-0.15, -0.1) is 0 Å². The minimum Gasteiger partial charge on any atom is -0.496 e. The summed E-state index contributed by atoms with van der Waals surface area (Å²) in [7, 11) is 1.66. The number of nitrogens with zero attached hydrogens (tertiary/aromatic N) is 2. The molecule has 3 rings (SSSR count). The molecule has 0 unspecified atom stereocenters. The van der Waals surface area contributed by atoms with Crippen molar-refractivity contribution in [1.82, 2.24) is 15.5 Å². The Labute approximate surface area is 112 Å². The Morgan fingerprint density at radius 1 is 1.42 bits per heavy atom. The molecule has 0 radical (unpaired) electrons. The van der Waals surface area contributed by atoms with Crippen LogP contribution in [-0.2, 0) is 0 Å². The van der Waals surface area contributed by atoms with E-state index in [0.29, 0.717) is 5.89 Å². The summed E-state index contributed by atoms with van der Waals surface area (Å²) in [5.41, 5.74) is 1.94. The fraction of sp³-hybridized carbons (Fsp3) is 0.429. The van der Waals surface area contributed by atoms with E-state index in [0.717, 1.165) is 42.1 Å². The van der Waals surface area contributed by atoms with Gasteiger partial charge in [0.1, 0.15) is 5.75 Å². The molecule has 5 heteroatoms. The SMILES string of the molecule is COc1cccc(-c2nc([C@@H]3CCCN3)no2)c1C. The molecule has 1 aliphatic heterocycles. The Morgan fingerprint density at radius 2 is 2.32 bits per heavy atom. The summed E-state index contributed by atoms with van der Waals surface area (Å²) in [5, 5.41) is 7.45. The summed E-state index contributed by atoms with van der Waals surface area (Å²) in [5.74, 6) is 2.13. The zero-order valence-electron chi connectivity index (χ0n) is 11.1. The highest BCUT2D eigenvalue weighted by atomic mass is 16.5. The lowest BCUT2D eigenvalue weighted by molar-refractivity contribution is 0.406. The number of nitrogens with one attached hydrogen (secondary N) is 1.